The van der Waals surface area contributed by atoms with Gasteiger partial charge >= 0.3 is 5.97 Å². The average Bonchev–Trinajstić information content (AvgIpc) is 2.82. The Morgan fingerprint density at radius 2 is 2.05 bits per heavy atom. The monoisotopic (exact) mass is 290 g/mol. The number of benzene rings is 1. The zero-order valence-electron chi connectivity index (χ0n) is 12.7. The topological polar surface area (TPSA) is 66.8 Å². The Labute approximate surface area is 124 Å². The van der Waals surface area contributed by atoms with Crippen LogP contribution in [0.2, 0.25) is 0 Å². The van der Waals surface area contributed by atoms with E-state index in [1.54, 1.807) is 18.2 Å². The molecular weight excluding hydrogens is 268 g/mol. The van der Waals surface area contributed by atoms with Gasteiger partial charge in [0.2, 0.25) is 0 Å². The SMILES string of the molecule is C[C@H]1CC[C@H](O)C(C)(C)[C@@]12Cc1cc(C(=O)O)ccc1O2. The van der Waals surface area contributed by atoms with E-state index < -0.39 is 17.7 Å². The number of carboxylic acid groups (broad SMARTS) is 1. The summed E-state index contributed by atoms with van der Waals surface area (Å²) in [5, 5.41) is 19.6. The van der Waals surface area contributed by atoms with Crippen LogP contribution in [0.15, 0.2) is 18.2 Å². The normalized spacial score (nSPS) is 33.5. The van der Waals surface area contributed by atoms with Crippen LogP contribution >= 0.6 is 0 Å². The number of hydrogen-bond acceptors (Lipinski definition) is 3. The minimum Gasteiger partial charge on any atom is -0.486 e. The Kier molecular flexibility index (Phi) is 3.06. The quantitative estimate of drug-likeness (QED) is 0.834. The third kappa shape index (κ3) is 1.89. The van der Waals surface area contributed by atoms with E-state index in [0.717, 1.165) is 24.2 Å². The van der Waals surface area contributed by atoms with E-state index >= 15 is 0 Å². The molecule has 1 spiro atoms. The van der Waals surface area contributed by atoms with E-state index in [1.165, 1.54) is 0 Å². The fraction of sp³-hybridized carbons (Fsp3) is 0.588. The molecule has 0 saturated heterocycles. The molecule has 4 heteroatoms. The Balaban J connectivity index is 2.03. The summed E-state index contributed by atoms with van der Waals surface area (Å²) in [7, 11) is 0. The molecule has 0 aromatic heterocycles. The van der Waals surface area contributed by atoms with E-state index in [4.69, 9.17) is 9.84 Å². The van der Waals surface area contributed by atoms with Crippen molar-refractivity contribution in [3.8, 4) is 5.75 Å². The summed E-state index contributed by atoms with van der Waals surface area (Å²) < 4.78 is 6.32. The van der Waals surface area contributed by atoms with Gasteiger partial charge in [-0.05, 0) is 42.5 Å². The maximum absolute atomic E-state index is 11.1. The summed E-state index contributed by atoms with van der Waals surface area (Å²) in [6, 6.07) is 5.03. The highest BCUT2D eigenvalue weighted by Gasteiger charge is 2.59. The van der Waals surface area contributed by atoms with Crippen LogP contribution in [0.4, 0.5) is 0 Å². The molecule has 4 nitrogen and oxygen atoms in total. The number of rotatable bonds is 1. The van der Waals surface area contributed by atoms with Crippen molar-refractivity contribution in [1.29, 1.82) is 0 Å². The molecular formula is C17H22O4. The predicted molar refractivity (Wildman–Crippen MR) is 78.7 cm³/mol. The lowest BCUT2D eigenvalue weighted by molar-refractivity contribution is -0.156. The summed E-state index contributed by atoms with van der Waals surface area (Å²) in [6.07, 6.45) is 1.97. The maximum Gasteiger partial charge on any atom is 0.335 e. The van der Waals surface area contributed by atoms with Crippen molar-refractivity contribution in [2.45, 2.75) is 51.7 Å². The van der Waals surface area contributed by atoms with Crippen molar-refractivity contribution >= 4 is 5.97 Å². The molecule has 2 aliphatic rings. The van der Waals surface area contributed by atoms with Crippen molar-refractivity contribution < 1.29 is 19.7 Å². The van der Waals surface area contributed by atoms with Gasteiger partial charge in [0.1, 0.15) is 11.4 Å². The van der Waals surface area contributed by atoms with Gasteiger partial charge in [0.15, 0.2) is 0 Å². The summed E-state index contributed by atoms with van der Waals surface area (Å²) in [5.41, 5.74) is 0.400. The predicted octanol–water partition coefficient (Wildman–Crippen LogP) is 2.88. The third-order valence-corrected chi connectivity index (χ3v) is 5.65. The maximum atomic E-state index is 11.1. The highest BCUT2D eigenvalue weighted by molar-refractivity contribution is 5.88. The molecule has 2 N–H and O–H groups in total. The first kappa shape index (κ1) is 14.4. The van der Waals surface area contributed by atoms with Crippen molar-refractivity contribution in [1.82, 2.24) is 0 Å². The second kappa shape index (κ2) is 4.47. The molecule has 21 heavy (non-hydrogen) atoms. The molecule has 0 radical (unpaired) electrons. The van der Waals surface area contributed by atoms with Gasteiger partial charge in [-0.15, -0.1) is 0 Å². The second-order valence-corrected chi connectivity index (χ2v) is 7.01. The molecule has 1 fully saturated rings. The smallest absolute Gasteiger partial charge is 0.335 e. The zero-order chi connectivity index (χ0) is 15.4. The first-order chi connectivity index (χ1) is 9.78. The van der Waals surface area contributed by atoms with Gasteiger partial charge in [-0.2, -0.15) is 0 Å². The van der Waals surface area contributed by atoms with Crippen LogP contribution < -0.4 is 4.74 Å². The Bertz CT molecular complexity index is 592. The second-order valence-electron chi connectivity index (χ2n) is 7.01. The van der Waals surface area contributed by atoms with Crippen LogP contribution in [0.5, 0.6) is 5.75 Å². The van der Waals surface area contributed by atoms with Crippen molar-refractivity contribution in [2.75, 3.05) is 0 Å². The summed E-state index contributed by atoms with van der Waals surface area (Å²) in [4.78, 5) is 11.1. The number of carboxylic acids is 1. The first-order valence-electron chi connectivity index (χ1n) is 7.51. The van der Waals surface area contributed by atoms with Crippen molar-refractivity contribution in [2.24, 2.45) is 11.3 Å². The van der Waals surface area contributed by atoms with Gasteiger partial charge in [0, 0.05) is 11.8 Å². The van der Waals surface area contributed by atoms with Gasteiger partial charge in [0.25, 0.3) is 0 Å². The lowest BCUT2D eigenvalue weighted by Gasteiger charge is -2.53. The van der Waals surface area contributed by atoms with Crippen LogP contribution in [0.25, 0.3) is 0 Å². The molecule has 3 atom stereocenters. The summed E-state index contributed by atoms with van der Waals surface area (Å²) in [6.45, 7) is 6.27. The molecule has 0 bridgehead atoms. The molecule has 0 unspecified atom stereocenters. The Morgan fingerprint density at radius 3 is 2.71 bits per heavy atom. The van der Waals surface area contributed by atoms with Gasteiger partial charge in [-0.25, -0.2) is 4.79 Å². The molecule has 3 rings (SSSR count). The summed E-state index contributed by atoms with van der Waals surface area (Å²) >= 11 is 0. The number of aromatic carboxylic acids is 1. The third-order valence-electron chi connectivity index (χ3n) is 5.65. The van der Waals surface area contributed by atoms with Crippen molar-refractivity contribution in [3.63, 3.8) is 0 Å². The standard InChI is InChI=1S/C17H22O4/c1-10-4-7-14(18)16(2,3)17(10)9-12-8-11(15(19)20)5-6-13(12)21-17/h5-6,8,10,14,18H,4,7,9H2,1-3H3,(H,19,20)/t10-,14-,17+/m0/s1. The van der Waals surface area contributed by atoms with Crippen LogP contribution in [-0.4, -0.2) is 27.9 Å². The molecule has 1 aromatic carbocycles. The van der Waals surface area contributed by atoms with Crippen LogP contribution in [0, 0.1) is 11.3 Å². The molecule has 1 aliphatic carbocycles. The fourth-order valence-corrected chi connectivity index (χ4v) is 4.02. The van der Waals surface area contributed by atoms with Crippen LogP contribution in [0.1, 0.15) is 49.5 Å². The van der Waals surface area contributed by atoms with E-state index in [2.05, 4.69) is 20.8 Å². The highest BCUT2D eigenvalue weighted by Crippen LogP contribution is 2.55. The van der Waals surface area contributed by atoms with Gasteiger partial charge in [0.05, 0.1) is 11.7 Å². The fourth-order valence-electron chi connectivity index (χ4n) is 4.02. The van der Waals surface area contributed by atoms with Gasteiger partial charge < -0.3 is 14.9 Å². The molecule has 1 aromatic rings. The van der Waals surface area contributed by atoms with E-state index in [-0.39, 0.29) is 11.0 Å². The molecule has 1 saturated carbocycles. The Hall–Kier alpha value is -1.55. The minimum atomic E-state index is -0.922. The number of hydrogen-bond donors (Lipinski definition) is 2. The van der Waals surface area contributed by atoms with Gasteiger partial charge in [-0.3, -0.25) is 0 Å². The van der Waals surface area contributed by atoms with Crippen LogP contribution in [-0.2, 0) is 6.42 Å². The number of fused-ring (bicyclic) bond motifs is 1. The summed E-state index contributed by atoms with van der Waals surface area (Å²) in [5.74, 6) is 0.153. The molecule has 1 heterocycles. The van der Waals surface area contributed by atoms with E-state index in [9.17, 15) is 9.90 Å². The first-order valence-corrected chi connectivity index (χ1v) is 7.51. The van der Waals surface area contributed by atoms with Gasteiger partial charge in [-0.1, -0.05) is 20.8 Å². The largest absolute Gasteiger partial charge is 0.486 e. The zero-order valence-corrected chi connectivity index (χ0v) is 12.7. The number of aliphatic hydroxyl groups is 1. The Morgan fingerprint density at radius 1 is 1.33 bits per heavy atom. The minimum absolute atomic E-state index is 0.288. The van der Waals surface area contributed by atoms with Crippen LogP contribution in [0.3, 0.4) is 0 Å². The molecule has 114 valence electrons. The molecule has 1 aliphatic heterocycles. The van der Waals surface area contributed by atoms with Crippen molar-refractivity contribution in [3.05, 3.63) is 29.3 Å². The van der Waals surface area contributed by atoms with E-state index in [0.29, 0.717) is 12.3 Å². The number of aliphatic hydroxyl groups excluding tert-OH is 1. The lowest BCUT2D eigenvalue weighted by atomic mass is 9.58. The lowest BCUT2D eigenvalue weighted by Crippen LogP contribution is -2.61. The average molecular weight is 290 g/mol. The highest BCUT2D eigenvalue weighted by atomic mass is 16.5. The number of carbonyl (C=O) groups is 1. The number of ether oxygens (including phenoxy) is 1. The molecule has 0 amide bonds. The van der Waals surface area contributed by atoms with E-state index in [1.807, 2.05) is 0 Å².